The molecule has 3 aliphatic heterocycles. The van der Waals surface area contributed by atoms with Gasteiger partial charge >= 0.3 is 0 Å². The molecular formula is C111H86N6OS. The molecule has 7 nitrogen and oxygen atoms in total. The van der Waals surface area contributed by atoms with Gasteiger partial charge in [0.1, 0.15) is 0 Å². The minimum atomic E-state index is 0.0124. The lowest BCUT2D eigenvalue weighted by molar-refractivity contribution is 0.477. The van der Waals surface area contributed by atoms with Crippen molar-refractivity contribution < 1.29 is 4.74 Å². The summed E-state index contributed by atoms with van der Waals surface area (Å²) in [5, 5.41) is 5.23. The van der Waals surface area contributed by atoms with Gasteiger partial charge < -0.3 is 33.5 Å². The van der Waals surface area contributed by atoms with E-state index in [1.807, 2.05) is 72.4 Å². The van der Waals surface area contributed by atoms with Gasteiger partial charge in [-0.1, -0.05) is 329 Å². The third-order valence-corrected chi connectivity index (χ3v) is 22.9. The number of benzene rings is 18. The second kappa shape index (κ2) is 34.9. The first-order valence-electron chi connectivity index (χ1n) is 40.4. The van der Waals surface area contributed by atoms with E-state index in [1.165, 1.54) is 127 Å². The number of hydrogen-bond acceptors (Lipinski definition) is 6. The second-order valence-electron chi connectivity index (χ2n) is 29.5. The number of para-hydroxylation sites is 20. The topological polar surface area (TPSA) is 32.0 Å². The van der Waals surface area contributed by atoms with Crippen LogP contribution in [0.1, 0.15) is 25.0 Å². The Hall–Kier alpha value is -15.1. The maximum atomic E-state index is 5.99. The Morgan fingerprint density at radius 2 is 0.437 bits per heavy atom. The largest absolute Gasteiger partial charge is 0.453 e. The normalized spacial score (nSPS) is 12.2. The van der Waals surface area contributed by atoms with Crippen LogP contribution in [-0.2, 0) is 5.41 Å². The lowest BCUT2D eigenvalue weighted by Gasteiger charge is -2.42. The van der Waals surface area contributed by atoms with Crippen LogP contribution in [0.25, 0.3) is 55.0 Å². The molecule has 0 bridgehead atoms. The number of aromatic nitrogens is 2. The molecule has 0 amide bonds. The van der Waals surface area contributed by atoms with Crippen molar-refractivity contribution in [3.05, 3.63) is 496 Å². The van der Waals surface area contributed by atoms with Crippen LogP contribution in [0.3, 0.4) is 0 Å². The molecule has 2 aromatic heterocycles. The van der Waals surface area contributed by atoms with E-state index in [0.29, 0.717) is 0 Å². The van der Waals surface area contributed by atoms with Gasteiger partial charge in [-0.25, -0.2) is 0 Å². The van der Waals surface area contributed by atoms with Crippen molar-refractivity contribution in [2.75, 3.05) is 19.6 Å². The smallest absolute Gasteiger partial charge is 0.151 e. The zero-order valence-corrected chi connectivity index (χ0v) is 67.0. The summed E-state index contributed by atoms with van der Waals surface area (Å²) in [5.74, 6) is 1.77. The van der Waals surface area contributed by atoms with Gasteiger partial charge in [0.15, 0.2) is 11.5 Å². The third kappa shape index (κ3) is 15.6. The van der Waals surface area contributed by atoms with Gasteiger partial charge in [-0.3, -0.25) is 0 Å². The molecule has 0 aliphatic carbocycles. The van der Waals surface area contributed by atoms with Crippen molar-refractivity contribution in [3.63, 3.8) is 0 Å². The molecule has 0 N–H and O–H groups in total. The van der Waals surface area contributed by atoms with Crippen LogP contribution in [0.15, 0.2) is 495 Å². The average Bonchev–Trinajstić information content (AvgIpc) is 1.74. The maximum Gasteiger partial charge on any atom is 0.151 e. The van der Waals surface area contributed by atoms with E-state index < -0.39 is 0 Å². The summed E-state index contributed by atoms with van der Waals surface area (Å²) >= 11 is 1.84. The van der Waals surface area contributed by atoms with Crippen molar-refractivity contribution in [2.45, 2.75) is 29.1 Å². The molecule has 572 valence electrons. The Morgan fingerprint density at radius 1 is 0.210 bits per heavy atom. The van der Waals surface area contributed by atoms with Gasteiger partial charge in [-0.05, 0) is 193 Å². The molecule has 20 aromatic rings. The fraction of sp³-hybridized carbons (Fsp3) is 0.0270. The van der Waals surface area contributed by atoms with Gasteiger partial charge in [-0.15, -0.1) is 0 Å². The SMILES string of the molecule is CC1(C)c2ccccc2N(c2ccccc2)c2ccccc21.c1ccc(-n2c3ccccc3c3ccccc32)cc1.c1ccc(-n2c3ccccc3c3ccccc32)cc1.c1ccc(N(c2ccccc2)c2ccccc2)cc1.c1ccc(N2c3ccccc3Oc3ccccc32)cc1.c1ccc(N2c3ccccc3Sc3ccccc32)cc1. The van der Waals surface area contributed by atoms with E-state index in [1.54, 1.807) is 0 Å². The average molecular weight is 1550 g/mol. The van der Waals surface area contributed by atoms with E-state index in [2.05, 4.69) is 467 Å². The quantitative estimate of drug-likeness (QED) is 0.151. The van der Waals surface area contributed by atoms with Crippen molar-refractivity contribution in [2.24, 2.45) is 0 Å². The van der Waals surface area contributed by atoms with Crippen LogP contribution in [0, 0.1) is 0 Å². The van der Waals surface area contributed by atoms with Crippen LogP contribution >= 0.6 is 11.8 Å². The number of rotatable bonds is 8. The fourth-order valence-electron chi connectivity index (χ4n) is 16.4. The zero-order chi connectivity index (χ0) is 80.1. The molecule has 0 unspecified atom stereocenters. The fourth-order valence-corrected chi connectivity index (χ4v) is 17.4. The Morgan fingerprint density at radius 3 is 0.765 bits per heavy atom. The Labute approximate surface area is 700 Å². The first-order chi connectivity index (χ1) is 58.9. The van der Waals surface area contributed by atoms with E-state index >= 15 is 0 Å². The minimum absolute atomic E-state index is 0.0124. The summed E-state index contributed by atoms with van der Waals surface area (Å²) in [6.45, 7) is 4.62. The van der Waals surface area contributed by atoms with Crippen molar-refractivity contribution in [1.29, 1.82) is 0 Å². The third-order valence-electron chi connectivity index (χ3n) is 21.8. The van der Waals surface area contributed by atoms with E-state index in [9.17, 15) is 0 Å². The zero-order valence-electron chi connectivity index (χ0n) is 66.2. The van der Waals surface area contributed by atoms with Crippen LogP contribution in [0.2, 0.25) is 0 Å². The molecule has 0 fully saturated rings. The number of fused-ring (bicyclic) bond motifs is 12. The highest BCUT2D eigenvalue weighted by Gasteiger charge is 2.36. The number of nitrogens with zero attached hydrogens (tertiary/aromatic N) is 6. The van der Waals surface area contributed by atoms with Crippen molar-refractivity contribution in [3.8, 4) is 22.9 Å². The molecule has 3 aliphatic rings. The first kappa shape index (κ1) is 75.3. The van der Waals surface area contributed by atoms with Gasteiger partial charge in [0, 0.05) is 82.2 Å². The molecule has 8 heteroatoms. The molecule has 0 saturated carbocycles. The number of hydrogen-bond donors (Lipinski definition) is 0. The van der Waals surface area contributed by atoms with E-state index in [0.717, 1.165) is 28.6 Å². The molecule has 23 rings (SSSR count). The van der Waals surface area contributed by atoms with Gasteiger partial charge in [-0.2, -0.15) is 0 Å². The summed E-state index contributed by atoms with van der Waals surface area (Å²) < 4.78 is 10.6. The summed E-state index contributed by atoms with van der Waals surface area (Å²) in [7, 11) is 0. The Kier molecular flexibility index (Phi) is 22.1. The lowest BCUT2D eigenvalue weighted by Crippen LogP contribution is -2.30. The van der Waals surface area contributed by atoms with Crippen molar-refractivity contribution >= 4 is 124 Å². The molecule has 0 spiro atoms. The predicted molar refractivity (Wildman–Crippen MR) is 502 cm³/mol. The highest BCUT2D eigenvalue weighted by Crippen LogP contribution is 2.54. The molecule has 119 heavy (non-hydrogen) atoms. The monoisotopic (exact) mass is 1550 g/mol. The van der Waals surface area contributed by atoms with Crippen LogP contribution in [0.5, 0.6) is 11.5 Å². The predicted octanol–water partition coefficient (Wildman–Crippen LogP) is 31.4. The van der Waals surface area contributed by atoms with Crippen LogP contribution in [-0.4, -0.2) is 9.13 Å². The molecule has 0 saturated heterocycles. The molecule has 0 radical (unpaired) electrons. The summed E-state index contributed by atoms with van der Waals surface area (Å²) in [5.41, 5.74) is 24.4. The highest BCUT2D eigenvalue weighted by atomic mass is 32.2. The number of ether oxygens (including phenoxy) is 1. The van der Waals surface area contributed by atoms with Crippen molar-refractivity contribution in [1.82, 2.24) is 9.13 Å². The minimum Gasteiger partial charge on any atom is -0.453 e. The lowest BCUT2D eigenvalue weighted by atomic mass is 9.73. The Balaban J connectivity index is 0.0000000982. The number of anilines is 12. The van der Waals surface area contributed by atoms with Gasteiger partial charge in [0.05, 0.1) is 56.2 Å². The summed E-state index contributed by atoms with van der Waals surface area (Å²) in [4.78, 5) is 11.8. The van der Waals surface area contributed by atoms with Gasteiger partial charge in [0.25, 0.3) is 0 Å². The molecular weight excluding hydrogens is 1470 g/mol. The van der Waals surface area contributed by atoms with E-state index in [4.69, 9.17) is 4.74 Å². The Bertz CT molecular complexity index is 6160. The standard InChI is InChI=1S/C21H19N.C18H13NO.C18H13NS.2C18H13N.C18H15N/c1-21(2)17-12-6-8-14-19(17)22(16-10-4-3-5-11-16)20-15-9-7-13-18(20)21;2*1-2-8-14(9-3-1)19-15-10-4-6-12-17(15)20-18-13-7-5-11-16(18)19;2*1-2-8-14(9-3-1)19-17-12-6-4-10-15(17)16-11-5-7-13-18(16)19;1-4-10-16(11-5-1)19(17-12-6-2-7-13-17)18-14-8-3-9-15-18/h3-15H,1-2H3;2*1-13H;2*1-13H;1-15H. The first-order valence-corrected chi connectivity index (χ1v) is 41.2. The summed E-state index contributed by atoms with van der Waals surface area (Å²) in [6.07, 6.45) is 0. The van der Waals surface area contributed by atoms with E-state index in [-0.39, 0.29) is 5.41 Å². The molecule has 18 aromatic carbocycles. The highest BCUT2D eigenvalue weighted by molar-refractivity contribution is 7.99. The summed E-state index contributed by atoms with van der Waals surface area (Å²) in [6, 6.07) is 169. The van der Waals surface area contributed by atoms with Crippen LogP contribution < -0.4 is 24.3 Å². The maximum absolute atomic E-state index is 5.99. The molecule has 5 heterocycles. The second-order valence-corrected chi connectivity index (χ2v) is 30.6. The molecule has 0 atom stereocenters. The van der Waals surface area contributed by atoms with Crippen LogP contribution in [0.4, 0.5) is 68.2 Å². The van der Waals surface area contributed by atoms with Gasteiger partial charge in [0.2, 0.25) is 0 Å².